The van der Waals surface area contributed by atoms with Gasteiger partial charge in [-0.25, -0.2) is 14.8 Å². The third-order valence-corrected chi connectivity index (χ3v) is 6.19. The molecule has 186 valence electrons. The van der Waals surface area contributed by atoms with Gasteiger partial charge in [0.25, 0.3) is 0 Å². The lowest BCUT2D eigenvalue weighted by molar-refractivity contribution is 0.134. The number of anilines is 1. The van der Waals surface area contributed by atoms with Gasteiger partial charge in [-0.05, 0) is 72.9 Å². The standard InChI is InChI=1S/C23H37N9O2/c1-28(2)11-7-13-30-17-25-20-21(30)26-19(15-24)27-22(20)32(16-18-9-5-6-10-18)31(23(33)34)14-8-12-29(3)4/h17-18H,5-14,16H2,1-4H3,(H,33,34). The van der Waals surface area contributed by atoms with Gasteiger partial charge in [0.2, 0.25) is 5.82 Å². The normalized spacial score (nSPS) is 14.3. The maximum Gasteiger partial charge on any atom is 0.426 e. The van der Waals surface area contributed by atoms with Crippen LogP contribution < -0.4 is 5.01 Å². The number of rotatable bonds is 12. The number of hydrogen-bond acceptors (Lipinski definition) is 8. The van der Waals surface area contributed by atoms with Gasteiger partial charge in [0.1, 0.15) is 6.07 Å². The number of nitrogens with zero attached hydrogens (tertiary/aromatic N) is 9. The molecule has 1 saturated carbocycles. The van der Waals surface area contributed by atoms with Crippen LogP contribution >= 0.6 is 0 Å². The van der Waals surface area contributed by atoms with Crippen molar-refractivity contribution in [1.29, 1.82) is 5.26 Å². The van der Waals surface area contributed by atoms with Crippen LogP contribution in [0.5, 0.6) is 0 Å². The zero-order valence-corrected chi connectivity index (χ0v) is 20.8. The predicted molar refractivity (Wildman–Crippen MR) is 130 cm³/mol. The Hall–Kier alpha value is -2.97. The molecule has 0 spiro atoms. The Morgan fingerprint density at radius 1 is 1.12 bits per heavy atom. The zero-order chi connectivity index (χ0) is 24.7. The average Bonchev–Trinajstić information content (AvgIpc) is 3.44. The summed E-state index contributed by atoms with van der Waals surface area (Å²) in [5, 5.41) is 22.9. The Morgan fingerprint density at radius 2 is 1.79 bits per heavy atom. The summed E-state index contributed by atoms with van der Waals surface area (Å²) in [6, 6.07) is 2.05. The Morgan fingerprint density at radius 3 is 2.41 bits per heavy atom. The number of imidazole rings is 1. The van der Waals surface area contributed by atoms with Crippen molar-refractivity contribution in [3.05, 3.63) is 12.2 Å². The van der Waals surface area contributed by atoms with E-state index in [-0.39, 0.29) is 5.82 Å². The first kappa shape index (κ1) is 25.6. The van der Waals surface area contributed by atoms with Crippen LogP contribution in [0.2, 0.25) is 0 Å². The van der Waals surface area contributed by atoms with Crippen LogP contribution in [0, 0.1) is 17.2 Å². The summed E-state index contributed by atoms with van der Waals surface area (Å²) in [4.78, 5) is 30.0. The van der Waals surface area contributed by atoms with Crippen LogP contribution in [0.15, 0.2) is 6.33 Å². The van der Waals surface area contributed by atoms with Crippen LogP contribution in [0.4, 0.5) is 10.6 Å². The van der Waals surface area contributed by atoms with E-state index < -0.39 is 6.09 Å². The molecule has 2 aromatic rings. The fourth-order valence-corrected chi connectivity index (χ4v) is 4.47. The second-order valence-electron chi connectivity index (χ2n) is 9.54. The summed E-state index contributed by atoms with van der Waals surface area (Å²) >= 11 is 0. The van der Waals surface area contributed by atoms with E-state index in [9.17, 15) is 15.2 Å². The predicted octanol–water partition coefficient (Wildman–Crippen LogP) is 2.49. The summed E-state index contributed by atoms with van der Waals surface area (Å²) in [5.74, 6) is 0.785. The molecule has 0 atom stereocenters. The highest BCUT2D eigenvalue weighted by atomic mass is 16.4. The van der Waals surface area contributed by atoms with Crippen molar-refractivity contribution < 1.29 is 9.90 Å². The first-order valence-electron chi connectivity index (χ1n) is 12.0. The first-order chi connectivity index (χ1) is 16.3. The topological polar surface area (TPSA) is 118 Å². The molecule has 1 N–H and O–H groups in total. The molecule has 34 heavy (non-hydrogen) atoms. The molecule has 0 aromatic carbocycles. The molecule has 3 rings (SSSR count). The lowest BCUT2D eigenvalue weighted by atomic mass is 10.1. The first-order valence-corrected chi connectivity index (χ1v) is 12.0. The van der Waals surface area contributed by atoms with Gasteiger partial charge in [0.05, 0.1) is 6.33 Å². The molecule has 0 aliphatic heterocycles. The molecule has 1 amide bonds. The molecule has 0 radical (unpaired) electrons. The van der Waals surface area contributed by atoms with E-state index in [2.05, 4.69) is 25.9 Å². The number of hydrazine groups is 1. The second kappa shape index (κ2) is 11.9. The number of aryl methyl sites for hydroxylation is 1. The third kappa shape index (κ3) is 6.55. The van der Waals surface area contributed by atoms with Crippen LogP contribution in [0.25, 0.3) is 11.2 Å². The molecule has 0 bridgehead atoms. The lowest BCUT2D eigenvalue weighted by Crippen LogP contribution is -2.49. The Balaban J connectivity index is 2.01. The largest absolute Gasteiger partial charge is 0.464 e. The van der Waals surface area contributed by atoms with E-state index in [4.69, 9.17) is 0 Å². The number of nitriles is 1. The number of carbonyl (C=O) groups is 1. The third-order valence-electron chi connectivity index (χ3n) is 6.19. The van der Waals surface area contributed by atoms with Crippen LogP contribution in [0.1, 0.15) is 44.3 Å². The molecule has 0 unspecified atom stereocenters. The summed E-state index contributed by atoms with van der Waals surface area (Å²) in [7, 11) is 7.99. The van der Waals surface area contributed by atoms with Crippen LogP contribution in [0.3, 0.4) is 0 Å². The van der Waals surface area contributed by atoms with E-state index in [0.717, 1.165) is 45.2 Å². The highest BCUT2D eigenvalue weighted by Crippen LogP contribution is 2.30. The summed E-state index contributed by atoms with van der Waals surface area (Å²) < 4.78 is 1.93. The zero-order valence-electron chi connectivity index (χ0n) is 20.8. The fraction of sp³-hybridized carbons (Fsp3) is 0.696. The summed E-state index contributed by atoms with van der Waals surface area (Å²) in [5.41, 5.74) is 1.09. The highest BCUT2D eigenvalue weighted by Gasteiger charge is 2.30. The molecule has 11 nitrogen and oxygen atoms in total. The molecule has 1 fully saturated rings. The molecular weight excluding hydrogens is 434 g/mol. The van der Waals surface area contributed by atoms with Gasteiger partial charge in [-0.1, -0.05) is 12.8 Å². The minimum atomic E-state index is -1.03. The van der Waals surface area contributed by atoms with Crippen molar-refractivity contribution >= 4 is 23.1 Å². The number of aromatic nitrogens is 4. The van der Waals surface area contributed by atoms with Crippen molar-refractivity contribution in [3.8, 4) is 6.07 Å². The minimum Gasteiger partial charge on any atom is -0.464 e. The van der Waals surface area contributed by atoms with Gasteiger partial charge in [0, 0.05) is 19.6 Å². The van der Waals surface area contributed by atoms with Crippen molar-refractivity contribution in [2.45, 2.75) is 45.1 Å². The van der Waals surface area contributed by atoms with E-state index in [1.165, 1.54) is 5.01 Å². The van der Waals surface area contributed by atoms with E-state index in [1.54, 1.807) is 11.3 Å². The Kier molecular flexibility index (Phi) is 9.01. The van der Waals surface area contributed by atoms with Gasteiger partial charge in [-0.3, -0.25) is 5.01 Å². The monoisotopic (exact) mass is 471 g/mol. The summed E-state index contributed by atoms with van der Waals surface area (Å²) in [6.45, 7) is 3.24. The fourth-order valence-electron chi connectivity index (χ4n) is 4.47. The van der Waals surface area contributed by atoms with Crippen LogP contribution in [-0.2, 0) is 6.54 Å². The van der Waals surface area contributed by atoms with Crippen molar-refractivity contribution in [3.63, 3.8) is 0 Å². The molecular formula is C23H37N9O2. The SMILES string of the molecule is CN(C)CCCN(C(=O)O)N(CC1CCCC1)c1nc(C#N)nc2c1ncn2CCCN(C)C. The molecule has 11 heteroatoms. The molecule has 1 aliphatic rings. The number of amides is 1. The van der Waals surface area contributed by atoms with E-state index in [1.807, 2.05) is 37.7 Å². The van der Waals surface area contributed by atoms with Crippen molar-refractivity contribution in [1.82, 2.24) is 34.3 Å². The number of hydrogen-bond donors (Lipinski definition) is 1. The highest BCUT2D eigenvalue weighted by molar-refractivity contribution is 5.85. The van der Waals surface area contributed by atoms with Crippen LogP contribution in [-0.4, -0.2) is 99.9 Å². The van der Waals surface area contributed by atoms with E-state index in [0.29, 0.717) is 49.0 Å². The Bertz CT molecular complexity index is 992. The maximum atomic E-state index is 12.4. The Labute approximate surface area is 201 Å². The van der Waals surface area contributed by atoms with Gasteiger partial charge in [-0.2, -0.15) is 15.2 Å². The smallest absolute Gasteiger partial charge is 0.426 e. The van der Waals surface area contributed by atoms with Gasteiger partial charge in [0.15, 0.2) is 17.0 Å². The van der Waals surface area contributed by atoms with Gasteiger partial charge in [-0.15, -0.1) is 0 Å². The van der Waals surface area contributed by atoms with Crippen molar-refractivity contribution in [2.75, 3.05) is 59.4 Å². The average molecular weight is 472 g/mol. The minimum absolute atomic E-state index is 0.0203. The molecule has 1 aliphatic carbocycles. The number of fused-ring (bicyclic) bond motifs is 1. The lowest BCUT2D eigenvalue weighted by Gasteiger charge is -2.35. The molecule has 2 heterocycles. The van der Waals surface area contributed by atoms with Crippen molar-refractivity contribution in [2.24, 2.45) is 5.92 Å². The summed E-state index contributed by atoms with van der Waals surface area (Å²) in [6.07, 6.45) is 6.66. The molecule has 2 aromatic heterocycles. The second-order valence-corrected chi connectivity index (χ2v) is 9.54. The molecule has 0 saturated heterocycles. The number of carboxylic acid groups (broad SMARTS) is 1. The van der Waals surface area contributed by atoms with Gasteiger partial charge >= 0.3 is 6.09 Å². The van der Waals surface area contributed by atoms with Gasteiger partial charge < -0.3 is 19.5 Å². The van der Waals surface area contributed by atoms with E-state index >= 15 is 0 Å². The maximum absolute atomic E-state index is 12.4. The quantitative estimate of drug-likeness (QED) is 0.466.